The third kappa shape index (κ3) is 2.70. The Balaban J connectivity index is 1.90. The van der Waals surface area contributed by atoms with Crippen LogP contribution in [-0.4, -0.2) is 12.6 Å². The van der Waals surface area contributed by atoms with Gasteiger partial charge in [0, 0.05) is 12.5 Å². The van der Waals surface area contributed by atoms with Crippen LogP contribution in [0.1, 0.15) is 64.1 Å². The van der Waals surface area contributed by atoms with Crippen LogP contribution in [0.3, 0.4) is 0 Å². The minimum absolute atomic E-state index is 0.0529. The summed E-state index contributed by atoms with van der Waals surface area (Å²) in [4.78, 5) is 0. The van der Waals surface area contributed by atoms with Crippen LogP contribution in [0.2, 0.25) is 0 Å². The molecule has 2 unspecified atom stereocenters. The van der Waals surface area contributed by atoms with E-state index >= 15 is 0 Å². The van der Waals surface area contributed by atoms with Gasteiger partial charge in [-0.25, -0.2) is 0 Å². The molecule has 2 atom stereocenters. The zero-order valence-electron chi connectivity index (χ0n) is 14.1. The highest BCUT2D eigenvalue weighted by Crippen LogP contribution is 2.49. The fraction of sp³-hybridized carbons (Fsp3) is 0.684. The highest BCUT2D eigenvalue weighted by Gasteiger charge is 2.40. The maximum atomic E-state index is 6.01. The average molecular weight is 287 g/mol. The van der Waals surface area contributed by atoms with Crippen molar-refractivity contribution < 1.29 is 4.74 Å². The summed E-state index contributed by atoms with van der Waals surface area (Å²) in [5.41, 5.74) is 3.18. The van der Waals surface area contributed by atoms with E-state index in [0.717, 1.165) is 18.1 Å². The Hall–Kier alpha value is -1.02. The van der Waals surface area contributed by atoms with E-state index in [0.29, 0.717) is 11.5 Å². The number of hydrogen-bond donors (Lipinski definition) is 1. The first-order valence-electron chi connectivity index (χ1n) is 8.31. The molecule has 0 amide bonds. The van der Waals surface area contributed by atoms with Gasteiger partial charge in [0.1, 0.15) is 11.4 Å². The lowest BCUT2D eigenvalue weighted by atomic mass is 9.75. The number of nitrogens with one attached hydrogen (secondary N) is 1. The first kappa shape index (κ1) is 14.9. The van der Waals surface area contributed by atoms with Crippen LogP contribution in [0.25, 0.3) is 0 Å². The predicted octanol–water partition coefficient (Wildman–Crippen LogP) is 4.49. The number of hydrogen-bond acceptors (Lipinski definition) is 2. The zero-order valence-corrected chi connectivity index (χ0v) is 14.1. The molecule has 0 aromatic heterocycles. The van der Waals surface area contributed by atoms with E-state index in [9.17, 15) is 0 Å². The number of rotatable bonds is 3. The second-order valence-corrected chi connectivity index (χ2v) is 8.16. The molecule has 0 spiro atoms. The van der Waals surface area contributed by atoms with Crippen molar-refractivity contribution in [1.82, 2.24) is 5.32 Å². The first-order valence-corrected chi connectivity index (χ1v) is 8.31. The molecule has 2 aliphatic rings. The summed E-state index contributed by atoms with van der Waals surface area (Å²) in [6, 6.07) is 7.26. The van der Waals surface area contributed by atoms with E-state index in [1.54, 1.807) is 0 Å². The number of fused-ring (bicyclic) bond motifs is 1. The van der Waals surface area contributed by atoms with Gasteiger partial charge in [-0.1, -0.05) is 32.4 Å². The van der Waals surface area contributed by atoms with Crippen molar-refractivity contribution in [2.75, 3.05) is 7.05 Å². The lowest BCUT2D eigenvalue weighted by molar-refractivity contribution is 0.138. The molecule has 1 aliphatic heterocycles. The molecule has 2 nitrogen and oxygen atoms in total. The quantitative estimate of drug-likeness (QED) is 0.884. The van der Waals surface area contributed by atoms with E-state index in [1.807, 2.05) is 0 Å². The standard InChI is InChI=1S/C19H29NO/c1-18(2)10-6-7-15(18)17(20-5)13-8-9-16-14(11-13)12-19(3,4)21-16/h8-9,11,15,17,20H,6-7,10,12H2,1-5H3. The third-order valence-electron chi connectivity index (χ3n) is 5.50. The minimum Gasteiger partial charge on any atom is -0.487 e. The summed E-state index contributed by atoms with van der Waals surface area (Å²) < 4.78 is 6.01. The molecule has 2 heteroatoms. The lowest BCUT2D eigenvalue weighted by Gasteiger charge is -2.34. The summed E-state index contributed by atoms with van der Waals surface area (Å²) in [7, 11) is 2.10. The van der Waals surface area contributed by atoms with Gasteiger partial charge in [0.05, 0.1) is 0 Å². The maximum absolute atomic E-state index is 6.01. The first-order chi connectivity index (χ1) is 9.82. The monoisotopic (exact) mass is 287 g/mol. The van der Waals surface area contributed by atoms with Crippen LogP contribution in [0, 0.1) is 11.3 Å². The summed E-state index contributed by atoms with van der Waals surface area (Å²) in [6.45, 7) is 9.19. The fourth-order valence-electron chi connectivity index (χ4n) is 4.39. The van der Waals surface area contributed by atoms with E-state index in [4.69, 9.17) is 4.74 Å². The molecule has 1 heterocycles. The Labute approximate surface area is 129 Å². The van der Waals surface area contributed by atoms with Gasteiger partial charge < -0.3 is 10.1 Å². The van der Waals surface area contributed by atoms with Crippen LogP contribution in [0.5, 0.6) is 5.75 Å². The normalized spacial score (nSPS) is 27.2. The predicted molar refractivity (Wildman–Crippen MR) is 87.8 cm³/mol. The Kier molecular flexibility index (Phi) is 3.56. The second-order valence-electron chi connectivity index (χ2n) is 8.16. The van der Waals surface area contributed by atoms with Crippen LogP contribution in [0.4, 0.5) is 0 Å². The van der Waals surface area contributed by atoms with Gasteiger partial charge in [0.25, 0.3) is 0 Å². The van der Waals surface area contributed by atoms with Gasteiger partial charge in [-0.05, 0) is 62.3 Å². The van der Waals surface area contributed by atoms with Gasteiger partial charge in [-0.3, -0.25) is 0 Å². The molecule has 1 saturated carbocycles. The molecule has 1 aromatic carbocycles. The largest absolute Gasteiger partial charge is 0.487 e. The summed E-state index contributed by atoms with van der Waals surface area (Å²) in [5, 5.41) is 3.59. The maximum Gasteiger partial charge on any atom is 0.123 e. The minimum atomic E-state index is -0.0529. The Bertz CT molecular complexity index is 532. The Morgan fingerprint density at radius 1 is 1.24 bits per heavy atom. The SMILES string of the molecule is CNC(c1ccc2c(c1)CC(C)(C)O2)C1CCCC1(C)C. The number of ether oxygens (including phenoxy) is 1. The van der Waals surface area contributed by atoms with Crippen molar-refractivity contribution in [2.24, 2.45) is 11.3 Å². The zero-order chi connectivity index (χ0) is 15.3. The Morgan fingerprint density at radius 2 is 2.00 bits per heavy atom. The topological polar surface area (TPSA) is 21.3 Å². The molecule has 3 rings (SSSR count). The second kappa shape index (κ2) is 5.01. The van der Waals surface area contributed by atoms with Crippen LogP contribution >= 0.6 is 0 Å². The van der Waals surface area contributed by atoms with Crippen molar-refractivity contribution in [3.8, 4) is 5.75 Å². The van der Waals surface area contributed by atoms with Crippen molar-refractivity contribution in [1.29, 1.82) is 0 Å². The summed E-state index contributed by atoms with van der Waals surface area (Å²) >= 11 is 0. The average Bonchev–Trinajstić information content (AvgIpc) is 2.88. The smallest absolute Gasteiger partial charge is 0.123 e. The molecule has 1 aliphatic carbocycles. The lowest BCUT2D eigenvalue weighted by Crippen LogP contribution is -2.32. The van der Waals surface area contributed by atoms with Crippen LogP contribution in [-0.2, 0) is 6.42 Å². The highest BCUT2D eigenvalue weighted by atomic mass is 16.5. The van der Waals surface area contributed by atoms with Crippen molar-refractivity contribution in [3.05, 3.63) is 29.3 Å². The molecule has 1 fully saturated rings. The summed E-state index contributed by atoms with van der Waals surface area (Å²) in [6.07, 6.45) is 5.05. The van der Waals surface area contributed by atoms with E-state index in [1.165, 1.54) is 30.4 Å². The van der Waals surface area contributed by atoms with E-state index in [-0.39, 0.29) is 5.60 Å². The number of benzene rings is 1. The highest BCUT2D eigenvalue weighted by molar-refractivity contribution is 5.43. The van der Waals surface area contributed by atoms with Gasteiger partial charge in [-0.2, -0.15) is 0 Å². The van der Waals surface area contributed by atoms with Crippen LogP contribution in [0.15, 0.2) is 18.2 Å². The van der Waals surface area contributed by atoms with Gasteiger partial charge in [-0.15, -0.1) is 0 Å². The van der Waals surface area contributed by atoms with Crippen molar-refractivity contribution in [3.63, 3.8) is 0 Å². The molecular formula is C19H29NO. The van der Waals surface area contributed by atoms with Gasteiger partial charge in [0.15, 0.2) is 0 Å². The molecule has 0 saturated heterocycles. The molecular weight excluding hydrogens is 258 g/mol. The molecule has 0 radical (unpaired) electrons. The van der Waals surface area contributed by atoms with Crippen molar-refractivity contribution in [2.45, 2.75) is 65.0 Å². The molecule has 21 heavy (non-hydrogen) atoms. The Morgan fingerprint density at radius 3 is 2.62 bits per heavy atom. The van der Waals surface area contributed by atoms with Gasteiger partial charge in [0.2, 0.25) is 0 Å². The fourth-order valence-corrected chi connectivity index (χ4v) is 4.39. The summed E-state index contributed by atoms with van der Waals surface area (Å²) in [5.74, 6) is 1.79. The van der Waals surface area contributed by atoms with E-state index < -0.39 is 0 Å². The third-order valence-corrected chi connectivity index (χ3v) is 5.50. The molecule has 1 aromatic rings. The van der Waals surface area contributed by atoms with Crippen molar-refractivity contribution >= 4 is 0 Å². The van der Waals surface area contributed by atoms with E-state index in [2.05, 4.69) is 58.3 Å². The molecule has 1 N–H and O–H groups in total. The molecule has 0 bridgehead atoms. The molecule has 116 valence electrons. The van der Waals surface area contributed by atoms with Gasteiger partial charge >= 0.3 is 0 Å². The van der Waals surface area contributed by atoms with Crippen LogP contribution < -0.4 is 10.1 Å².